The Morgan fingerprint density at radius 1 is 1.00 bits per heavy atom. The second kappa shape index (κ2) is 4.97. The Labute approximate surface area is 118 Å². The summed E-state index contributed by atoms with van der Waals surface area (Å²) in [6.45, 7) is 2.15. The summed E-state index contributed by atoms with van der Waals surface area (Å²) in [5.41, 5.74) is 4.21. The average Bonchev–Trinajstić information content (AvgIpc) is 2.80. The standard InChI is InChI=1S/C18H17NO/c1-13(14-8-4-3-5-9-14)18-16(12-20)15-10-6-7-11-17(15)19(18)2/h3-13H,1-2H3. The number of benzene rings is 2. The predicted octanol–water partition coefficient (Wildman–Crippen LogP) is 4.14. The number of carbonyl (C=O) groups is 1. The van der Waals surface area contributed by atoms with E-state index in [-0.39, 0.29) is 5.92 Å². The Hall–Kier alpha value is -2.35. The normalized spacial score (nSPS) is 12.5. The van der Waals surface area contributed by atoms with E-state index in [2.05, 4.69) is 29.7 Å². The van der Waals surface area contributed by atoms with Crippen molar-refractivity contribution in [3.8, 4) is 0 Å². The van der Waals surface area contributed by atoms with Crippen LogP contribution in [0.25, 0.3) is 10.9 Å². The largest absolute Gasteiger partial charge is 0.346 e. The van der Waals surface area contributed by atoms with E-state index in [1.54, 1.807) is 0 Å². The molecule has 20 heavy (non-hydrogen) atoms. The number of fused-ring (bicyclic) bond motifs is 1. The molecule has 2 heteroatoms. The van der Waals surface area contributed by atoms with E-state index in [9.17, 15) is 4.79 Å². The van der Waals surface area contributed by atoms with Crippen molar-refractivity contribution in [1.82, 2.24) is 4.57 Å². The van der Waals surface area contributed by atoms with Gasteiger partial charge in [0, 0.05) is 35.1 Å². The van der Waals surface area contributed by atoms with Crippen molar-refractivity contribution in [2.45, 2.75) is 12.8 Å². The number of nitrogens with zero attached hydrogens (tertiary/aromatic N) is 1. The first-order chi connectivity index (χ1) is 9.74. The predicted molar refractivity (Wildman–Crippen MR) is 82.3 cm³/mol. The zero-order valence-electron chi connectivity index (χ0n) is 11.7. The molecular weight excluding hydrogens is 246 g/mol. The Morgan fingerprint density at radius 3 is 2.35 bits per heavy atom. The second-order valence-corrected chi connectivity index (χ2v) is 5.13. The van der Waals surface area contributed by atoms with Crippen LogP contribution in [0.5, 0.6) is 0 Å². The minimum absolute atomic E-state index is 0.189. The van der Waals surface area contributed by atoms with Gasteiger partial charge in [-0.15, -0.1) is 0 Å². The van der Waals surface area contributed by atoms with Crippen LogP contribution in [0.1, 0.15) is 34.5 Å². The maximum atomic E-state index is 11.6. The van der Waals surface area contributed by atoms with Gasteiger partial charge in [-0.1, -0.05) is 55.5 Å². The third-order valence-electron chi connectivity index (χ3n) is 4.02. The first-order valence-corrected chi connectivity index (χ1v) is 6.81. The third kappa shape index (κ3) is 1.85. The number of hydrogen-bond donors (Lipinski definition) is 0. The number of para-hydroxylation sites is 1. The zero-order valence-corrected chi connectivity index (χ0v) is 11.7. The van der Waals surface area contributed by atoms with Crippen molar-refractivity contribution < 1.29 is 4.79 Å². The molecular formula is C18H17NO. The second-order valence-electron chi connectivity index (χ2n) is 5.13. The number of aldehydes is 1. The quantitative estimate of drug-likeness (QED) is 0.651. The zero-order chi connectivity index (χ0) is 14.1. The molecule has 0 spiro atoms. The summed E-state index contributed by atoms with van der Waals surface area (Å²) in [7, 11) is 2.03. The fourth-order valence-corrected chi connectivity index (χ4v) is 2.99. The number of aryl methyl sites for hydroxylation is 1. The highest BCUT2D eigenvalue weighted by Gasteiger charge is 2.20. The number of rotatable bonds is 3. The summed E-state index contributed by atoms with van der Waals surface area (Å²) in [4.78, 5) is 11.6. The summed E-state index contributed by atoms with van der Waals surface area (Å²) in [5.74, 6) is 0.189. The van der Waals surface area contributed by atoms with Gasteiger partial charge in [-0.2, -0.15) is 0 Å². The van der Waals surface area contributed by atoms with Crippen LogP contribution in [0.2, 0.25) is 0 Å². The molecule has 0 fully saturated rings. The maximum absolute atomic E-state index is 11.6. The Balaban J connectivity index is 2.26. The monoisotopic (exact) mass is 263 g/mol. The number of carbonyl (C=O) groups excluding carboxylic acids is 1. The lowest BCUT2D eigenvalue weighted by molar-refractivity contribution is 0.112. The van der Waals surface area contributed by atoms with E-state index in [0.29, 0.717) is 0 Å². The lowest BCUT2D eigenvalue weighted by atomic mass is 9.95. The Morgan fingerprint density at radius 2 is 1.65 bits per heavy atom. The highest BCUT2D eigenvalue weighted by molar-refractivity contribution is 5.99. The molecule has 2 aromatic carbocycles. The van der Waals surface area contributed by atoms with Crippen LogP contribution < -0.4 is 0 Å². The molecule has 0 N–H and O–H groups in total. The molecule has 1 aromatic heterocycles. The molecule has 2 nitrogen and oxygen atoms in total. The fraction of sp³-hybridized carbons (Fsp3) is 0.167. The van der Waals surface area contributed by atoms with Gasteiger partial charge in [0.1, 0.15) is 0 Å². The molecule has 0 amide bonds. The average molecular weight is 263 g/mol. The van der Waals surface area contributed by atoms with Crippen LogP contribution in [0.4, 0.5) is 0 Å². The van der Waals surface area contributed by atoms with E-state index in [4.69, 9.17) is 0 Å². The first kappa shape index (κ1) is 12.7. The van der Waals surface area contributed by atoms with Gasteiger partial charge >= 0.3 is 0 Å². The summed E-state index contributed by atoms with van der Waals surface area (Å²) >= 11 is 0. The Kier molecular flexibility index (Phi) is 3.15. The van der Waals surface area contributed by atoms with E-state index in [0.717, 1.165) is 28.4 Å². The molecule has 0 saturated carbocycles. The van der Waals surface area contributed by atoms with Crippen molar-refractivity contribution in [1.29, 1.82) is 0 Å². The highest BCUT2D eigenvalue weighted by atomic mass is 16.1. The topological polar surface area (TPSA) is 22.0 Å². The molecule has 0 bridgehead atoms. The van der Waals surface area contributed by atoms with E-state index in [1.165, 1.54) is 5.56 Å². The minimum Gasteiger partial charge on any atom is -0.346 e. The van der Waals surface area contributed by atoms with Crippen LogP contribution in [0, 0.1) is 0 Å². The summed E-state index contributed by atoms with van der Waals surface area (Å²) in [6, 6.07) is 18.4. The van der Waals surface area contributed by atoms with E-state index in [1.807, 2.05) is 43.4 Å². The molecule has 0 saturated heterocycles. The van der Waals surface area contributed by atoms with Crippen LogP contribution in [0.3, 0.4) is 0 Å². The van der Waals surface area contributed by atoms with Gasteiger partial charge in [0.2, 0.25) is 0 Å². The fourth-order valence-electron chi connectivity index (χ4n) is 2.99. The van der Waals surface area contributed by atoms with E-state index >= 15 is 0 Å². The smallest absolute Gasteiger partial charge is 0.152 e. The molecule has 3 rings (SSSR count). The minimum atomic E-state index is 0.189. The van der Waals surface area contributed by atoms with Crippen LogP contribution in [0.15, 0.2) is 54.6 Å². The first-order valence-electron chi connectivity index (χ1n) is 6.81. The summed E-state index contributed by atoms with van der Waals surface area (Å²) in [6.07, 6.45) is 0.983. The number of hydrogen-bond acceptors (Lipinski definition) is 1. The van der Waals surface area contributed by atoms with Crippen molar-refractivity contribution in [2.24, 2.45) is 7.05 Å². The van der Waals surface area contributed by atoms with Gasteiger partial charge in [-0.05, 0) is 11.6 Å². The Bertz CT molecular complexity index is 756. The molecule has 100 valence electrons. The molecule has 0 aliphatic rings. The third-order valence-corrected chi connectivity index (χ3v) is 4.02. The molecule has 0 aliphatic carbocycles. The van der Waals surface area contributed by atoms with Gasteiger partial charge in [0.25, 0.3) is 0 Å². The SMILES string of the molecule is CC(c1ccccc1)c1c(C=O)c2ccccc2n1C. The maximum Gasteiger partial charge on any atom is 0.152 e. The lowest BCUT2D eigenvalue weighted by Crippen LogP contribution is -2.05. The van der Waals surface area contributed by atoms with Crippen molar-refractivity contribution >= 4 is 17.2 Å². The number of aromatic nitrogens is 1. The van der Waals surface area contributed by atoms with Gasteiger partial charge in [0.05, 0.1) is 0 Å². The van der Waals surface area contributed by atoms with E-state index < -0.39 is 0 Å². The van der Waals surface area contributed by atoms with Crippen LogP contribution >= 0.6 is 0 Å². The molecule has 3 aromatic rings. The molecule has 0 radical (unpaired) electrons. The van der Waals surface area contributed by atoms with Crippen LogP contribution in [-0.2, 0) is 7.05 Å². The van der Waals surface area contributed by atoms with Crippen molar-refractivity contribution in [3.05, 3.63) is 71.4 Å². The van der Waals surface area contributed by atoms with Gasteiger partial charge in [-0.3, -0.25) is 4.79 Å². The van der Waals surface area contributed by atoms with Crippen molar-refractivity contribution in [3.63, 3.8) is 0 Å². The lowest BCUT2D eigenvalue weighted by Gasteiger charge is -2.14. The van der Waals surface area contributed by atoms with Crippen LogP contribution in [-0.4, -0.2) is 10.9 Å². The molecule has 0 aliphatic heterocycles. The summed E-state index contributed by atoms with van der Waals surface area (Å²) < 4.78 is 2.14. The molecule has 1 atom stereocenters. The van der Waals surface area contributed by atoms with Gasteiger partial charge < -0.3 is 4.57 Å². The molecule has 1 heterocycles. The highest BCUT2D eigenvalue weighted by Crippen LogP contribution is 2.32. The summed E-state index contributed by atoms with van der Waals surface area (Å²) in [5, 5.41) is 1.03. The van der Waals surface area contributed by atoms with Crippen molar-refractivity contribution in [2.75, 3.05) is 0 Å². The molecule has 1 unspecified atom stereocenters. The van der Waals surface area contributed by atoms with Gasteiger partial charge in [0.15, 0.2) is 6.29 Å². The van der Waals surface area contributed by atoms with Gasteiger partial charge in [-0.25, -0.2) is 0 Å².